The van der Waals surface area contributed by atoms with Crippen LogP contribution in [0.15, 0.2) is 36.4 Å². The van der Waals surface area contributed by atoms with Gasteiger partial charge >= 0.3 is 5.97 Å². The van der Waals surface area contributed by atoms with Crippen molar-refractivity contribution >= 4 is 52.4 Å². The first kappa shape index (κ1) is 17.6. The standard InChI is InChI=1S/C16H12Cl3NO3/c1-9-2-7-12(18)15(14(9)19)20-13(21)8-23-16(22)10-3-5-11(17)6-4-10/h2-7H,8H2,1H3,(H,20,21). The smallest absolute Gasteiger partial charge is 0.338 e. The van der Waals surface area contributed by atoms with Crippen LogP contribution in [0.5, 0.6) is 0 Å². The van der Waals surface area contributed by atoms with E-state index in [1.165, 1.54) is 12.1 Å². The van der Waals surface area contributed by atoms with Gasteiger partial charge < -0.3 is 10.1 Å². The van der Waals surface area contributed by atoms with Gasteiger partial charge in [0.05, 0.1) is 21.3 Å². The van der Waals surface area contributed by atoms with E-state index >= 15 is 0 Å². The largest absolute Gasteiger partial charge is 0.452 e. The average molecular weight is 373 g/mol. The van der Waals surface area contributed by atoms with Crippen LogP contribution in [-0.4, -0.2) is 18.5 Å². The van der Waals surface area contributed by atoms with Crippen molar-refractivity contribution in [3.63, 3.8) is 0 Å². The van der Waals surface area contributed by atoms with E-state index in [0.717, 1.165) is 5.56 Å². The van der Waals surface area contributed by atoms with E-state index < -0.39 is 18.5 Å². The summed E-state index contributed by atoms with van der Waals surface area (Å²) in [6.45, 7) is 1.33. The second kappa shape index (κ2) is 7.68. The molecule has 1 amide bonds. The lowest BCUT2D eigenvalue weighted by Crippen LogP contribution is -2.21. The van der Waals surface area contributed by atoms with Crippen LogP contribution in [0.1, 0.15) is 15.9 Å². The van der Waals surface area contributed by atoms with Crippen LogP contribution < -0.4 is 5.32 Å². The van der Waals surface area contributed by atoms with Gasteiger partial charge in [0.25, 0.3) is 5.91 Å². The van der Waals surface area contributed by atoms with E-state index in [0.29, 0.717) is 26.3 Å². The van der Waals surface area contributed by atoms with E-state index in [1.807, 2.05) is 0 Å². The fourth-order valence-corrected chi connectivity index (χ4v) is 2.34. The van der Waals surface area contributed by atoms with Crippen LogP contribution in [-0.2, 0) is 9.53 Å². The molecule has 1 N–H and O–H groups in total. The summed E-state index contributed by atoms with van der Waals surface area (Å²) in [6.07, 6.45) is 0. The predicted molar refractivity (Wildman–Crippen MR) is 91.6 cm³/mol. The molecule has 0 saturated heterocycles. The van der Waals surface area contributed by atoms with E-state index in [4.69, 9.17) is 39.5 Å². The lowest BCUT2D eigenvalue weighted by molar-refractivity contribution is -0.119. The van der Waals surface area contributed by atoms with Crippen molar-refractivity contribution in [1.29, 1.82) is 0 Å². The first-order chi connectivity index (χ1) is 10.9. The molecule has 0 unspecified atom stereocenters. The molecular weight excluding hydrogens is 361 g/mol. The highest BCUT2D eigenvalue weighted by atomic mass is 35.5. The fraction of sp³-hybridized carbons (Fsp3) is 0.125. The summed E-state index contributed by atoms with van der Waals surface area (Å²) in [7, 11) is 0. The lowest BCUT2D eigenvalue weighted by Gasteiger charge is -2.11. The molecule has 4 nitrogen and oxygen atoms in total. The Morgan fingerprint density at radius 3 is 2.35 bits per heavy atom. The molecule has 0 bridgehead atoms. The Hall–Kier alpha value is -1.75. The van der Waals surface area contributed by atoms with Crippen molar-refractivity contribution in [2.75, 3.05) is 11.9 Å². The van der Waals surface area contributed by atoms with Crippen LogP contribution in [0.3, 0.4) is 0 Å². The number of ether oxygens (including phenoxy) is 1. The number of esters is 1. The highest BCUT2D eigenvalue weighted by Gasteiger charge is 2.14. The molecule has 2 aromatic carbocycles. The van der Waals surface area contributed by atoms with Crippen molar-refractivity contribution in [3.05, 3.63) is 62.6 Å². The number of carbonyl (C=O) groups excluding carboxylic acids is 2. The van der Waals surface area contributed by atoms with Crippen molar-refractivity contribution in [3.8, 4) is 0 Å². The predicted octanol–water partition coefficient (Wildman–Crippen LogP) is 4.75. The maximum Gasteiger partial charge on any atom is 0.338 e. The molecule has 0 radical (unpaired) electrons. The summed E-state index contributed by atoms with van der Waals surface area (Å²) in [5, 5.41) is 3.68. The topological polar surface area (TPSA) is 55.4 Å². The van der Waals surface area contributed by atoms with E-state index in [1.54, 1.807) is 31.2 Å². The Balaban J connectivity index is 1.97. The number of carbonyl (C=O) groups is 2. The Kier molecular flexibility index (Phi) is 5.88. The van der Waals surface area contributed by atoms with Gasteiger partial charge in [-0.1, -0.05) is 40.9 Å². The summed E-state index contributed by atoms with van der Waals surface area (Å²) < 4.78 is 4.93. The van der Waals surface area contributed by atoms with Gasteiger partial charge in [-0.25, -0.2) is 4.79 Å². The summed E-state index contributed by atoms with van der Waals surface area (Å²) >= 11 is 17.8. The zero-order chi connectivity index (χ0) is 17.0. The monoisotopic (exact) mass is 371 g/mol. The average Bonchev–Trinajstić information content (AvgIpc) is 2.53. The van der Waals surface area contributed by atoms with Crippen molar-refractivity contribution in [1.82, 2.24) is 0 Å². The molecule has 2 aromatic rings. The van der Waals surface area contributed by atoms with Crippen molar-refractivity contribution < 1.29 is 14.3 Å². The van der Waals surface area contributed by atoms with Crippen LogP contribution >= 0.6 is 34.8 Å². The molecule has 0 saturated carbocycles. The second-order valence-electron chi connectivity index (χ2n) is 4.68. The molecule has 0 atom stereocenters. The van der Waals surface area contributed by atoms with Gasteiger partial charge in [-0.05, 0) is 42.8 Å². The van der Waals surface area contributed by atoms with Gasteiger partial charge in [-0.2, -0.15) is 0 Å². The SMILES string of the molecule is Cc1ccc(Cl)c(NC(=O)COC(=O)c2ccc(Cl)cc2)c1Cl. The van der Waals surface area contributed by atoms with Gasteiger partial charge in [0.15, 0.2) is 6.61 Å². The van der Waals surface area contributed by atoms with Crippen LogP contribution in [0, 0.1) is 6.92 Å². The molecule has 0 aliphatic carbocycles. The van der Waals surface area contributed by atoms with E-state index in [9.17, 15) is 9.59 Å². The molecule has 2 rings (SSSR count). The number of benzene rings is 2. The fourth-order valence-electron chi connectivity index (χ4n) is 1.75. The number of anilines is 1. The van der Waals surface area contributed by atoms with Gasteiger partial charge in [0.2, 0.25) is 0 Å². The molecule has 7 heteroatoms. The van der Waals surface area contributed by atoms with Gasteiger partial charge in [0, 0.05) is 5.02 Å². The second-order valence-corrected chi connectivity index (χ2v) is 5.91. The minimum Gasteiger partial charge on any atom is -0.452 e. The van der Waals surface area contributed by atoms with Crippen LogP contribution in [0.4, 0.5) is 5.69 Å². The molecule has 0 heterocycles. The van der Waals surface area contributed by atoms with Crippen LogP contribution in [0.25, 0.3) is 0 Å². The molecule has 0 fully saturated rings. The molecular formula is C16H12Cl3NO3. The van der Waals surface area contributed by atoms with Crippen LogP contribution in [0.2, 0.25) is 15.1 Å². The van der Waals surface area contributed by atoms with E-state index in [-0.39, 0.29) is 0 Å². The van der Waals surface area contributed by atoms with Crippen molar-refractivity contribution in [2.24, 2.45) is 0 Å². The third-order valence-corrected chi connectivity index (χ3v) is 4.02. The molecule has 0 aromatic heterocycles. The number of nitrogens with one attached hydrogen (secondary N) is 1. The normalized spacial score (nSPS) is 10.3. The first-order valence-corrected chi connectivity index (χ1v) is 7.69. The molecule has 23 heavy (non-hydrogen) atoms. The Morgan fingerprint density at radius 2 is 1.70 bits per heavy atom. The highest BCUT2D eigenvalue weighted by molar-refractivity contribution is 6.40. The third-order valence-electron chi connectivity index (χ3n) is 2.96. The van der Waals surface area contributed by atoms with Gasteiger partial charge in [-0.15, -0.1) is 0 Å². The first-order valence-electron chi connectivity index (χ1n) is 6.55. The molecule has 0 aliphatic heterocycles. The number of hydrogen-bond acceptors (Lipinski definition) is 3. The zero-order valence-corrected chi connectivity index (χ0v) is 14.3. The lowest BCUT2D eigenvalue weighted by atomic mass is 10.2. The summed E-state index contributed by atoms with van der Waals surface area (Å²) in [5.41, 5.74) is 1.36. The maximum absolute atomic E-state index is 11.9. The molecule has 0 aliphatic rings. The minimum atomic E-state index is -0.627. The summed E-state index contributed by atoms with van der Waals surface area (Å²) in [5.74, 6) is -1.17. The zero-order valence-electron chi connectivity index (χ0n) is 12.0. The number of hydrogen-bond donors (Lipinski definition) is 1. The molecule has 120 valence electrons. The van der Waals surface area contributed by atoms with Gasteiger partial charge in [0.1, 0.15) is 0 Å². The Labute approximate surface area is 148 Å². The maximum atomic E-state index is 11.9. The summed E-state index contributed by atoms with van der Waals surface area (Å²) in [6, 6.07) is 9.50. The number of rotatable bonds is 4. The van der Waals surface area contributed by atoms with Gasteiger partial charge in [-0.3, -0.25) is 4.79 Å². The quantitative estimate of drug-likeness (QED) is 0.788. The highest BCUT2D eigenvalue weighted by Crippen LogP contribution is 2.32. The number of amides is 1. The van der Waals surface area contributed by atoms with Crippen molar-refractivity contribution in [2.45, 2.75) is 6.92 Å². The minimum absolute atomic E-state index is 0.292. The number of aryl methyl sites for hydroxylation is 1. The van der Waals surface area contributed by atoms with E-state index in [2.05, 4.69) is 5.32 Å². The number of halogens is 3. The summed E-state index contributed by atoms with van der Waals surface area (Å²) in [4.78, 5) is 23.7. The molecule has 0 spiro atoms. The Bertz CT molecular complexity index is 745. The third kappa shape index (κ3) is 4.61. The Morgan fingerprint density at radius 1 is 1.04 bits per heavy atom.